The van der Waals surface area contributed by atoms with E-state index < -0.39 is 29.4 Å². The van der Waals surface area contributed by atoms with Crippen molar-refractivity contribution in [3.8, 4) is 11.1 Å². The highest BCUT2D eigenvalue weighted by Gasteiger charge is 2.44. The van der Waals surface area contributed by atoms with Crippen LogP contribution in [0.15, 0.2) is 48.5 Å². The average Bonchev–Trinajstić information content (AvgIpc) is 3.66. The number of carboxylic acid groups (broad SMARTS) is 2. The van der Waals surface area contributed by atoms with E-state index in [0.717, 1.165) is 69.0 Å². The number of carbonyl (C=O) groups is 3. The fourth-order valence-electron chi connectivity index (χ4n) is 6.97. The predicted molar refractivity (Wildman–Crippen MR) is 161 cm³/mol. The zero-order chi connectivity index (χ0) is 31.9. The second-order valence-corrected chi connectivity index (χ2v) is 12.5. The SMILES string of the molecule is CC1CCCN1CCc1ccc(-c2ccc(C3(C(=O)NC4CCCCC4C(=O)O)CCCC3)cc2)cc1.O=C(O)C(F)(F)F. The number of carboxylic acids is 2. The van der Waals surface area contributed by atoms with Gasteiger partial charge in [-0.1, -0.05) is 74.2 Å². The highest BCUT2D eigenvalue weighted by molar-refractivity contribution is 5.89. The normalized spacial score (nSPS) is 23.4. The quantitative estimate of drug-likeness (QED) is 0.309. The van der Waals surface area contributed by atoms with Crippen molar-refractivity contribution < 1.29 is 37.8 Å². The first kappa shape index (κ1) is 33.5. The summed E-state index contributed by atoms with van der Waals surface area (Å²) in [5, 5.41) is 20.0. The van der Waals surface area contributed by atoms with Crippen molar-refractivity contribution in [1.29, 1.82) is 0 Å². The van der Waals surface area contributed by atoms with E-state index in [0.29, 0.717) is 12.5 Å². The van der Waals surface area contributed by atoms with Gasteiger partial charge in [0.2, 0.25) is 5.91 Å². The second-order valence-electron chi connectivity index (χ2n) is 12.5. The molecule has 2 saturated carbocycles. The minimum atomic E-state index is -5.08. The van der Waals surface area contributed by atoms with Crippen LogP contribution in [0, 0.1) is 5.92 Å². The second kappa shape index (κ2) is 14.6. The maximum absolute atomic E-state index is 13.7. The topological polar surface area (TPSA) is 107 Å². The van der Waals surface area contributed by atoms with Gasteiger partial charge in [0, 0.05) is 18.6 Å². The number of rotatable bonds is 8. The van der Waals surface area contributed by atoms with Gasteiger partial charge in [0.1, 0.15) is 0 Å². The van der Waals surface area contributed by atoms with Crippen molar-refractivity contribution in [2.45, 2.75) is 101 Å². The van der Waals surface area contributed by atoms with E-state index in [2.05, 4.69) is 65.7 Å². The lowest BCUT2D eigenvalue weighted by Gasteiger charge is -2.34. The Morgan fingerprint density at radius 2 is 1.43 bits per heavy atom. The van der Waals surface area contributed by atoms with Gasteiger partial charge >= 0.3 is 18.1 Å². The van der Waals surface area contributed by atoms with Gasteiger partial charge in [-0.25, -0.2) is 4.79 Å². The summed E-state index contributed by atoms with van der Waals surface area (Å²) in [5.41, 5.74) is 4.25. The number of carbonyl (C=O) groups excluding carboxylic acids is 1. The Morgan fingerprint density at radius 1 is 0.864 bits per heavy atom. The van der Waals surface area contributed by atoms with Crippen molar-refractivity contribution >= 4 is 17.8 Å². The average molecular weight is 617 g/mol. The van der Waals surface area contributed by atoms with Gasteiger partial charge in [-0.15, -0.1) is 0 Å². The molecule has 3 aliphatic rings. The highest BCUT2D eigenvalue weighted by atomic mass is 19.4. The molecule has 1 amide bonds. The number of aliphatic carboxylic acids is 2. The molecule has 1 saturated heterocycles. The van der Waals surface area contributed by atoms with Gasteiger partial charge in [0.25, 0.3) is 0 Å². The molecule has 0 radical (unpaired) electrons. The highest BCUT2D eigenvalue weighted by Crippen LogP contribution is 2.42. The Morgan fingerprint density at radius 3 is 1.95 bits per heavy atom. The van der Waals surface area contributed by atoms with Crippen LogP contribution in [0.1, 0.15) is 82.3 Å². The summed E-state index contributed by atoms with van der Waals surface area (Å²) in [6.07, 6.45) is 5.67. The Hall–Kier alpha value is -3.40. The van der Waals surface area contributed by atoms with E-state index >= 15 is 0 Å². The van der Waals surface area contributed by atoms with Gasteiger partial charge < -0.3 is 20.4 Å². The first-order valence-electron chi connectivity index (χ1n) is 15.7. The zero-order valence-corrected chi connectivity index (χ0v) is 25.2. The number of nitrogens with zero attached hydrogens (tertiary/aromatic N) is 1. The molecule has 1 heterocycles. The van der Waals surface area contributed by atoms with Crippen LogP contribution in [-0.2, 0) is 26.2 Å². The third kappa shape index (κ3) is 8.20. The third-order valence-corrected chi connectivity index (χ3v) is 9.64. The molecule has 3 unspecified atom stereocenters. The maximum Gasteiger partial charge on any atom is 0.490 e. The molecule has 0 spiro atoms. The number of nitrogens with one attached hydrogen (secondary N) is 1. The van der Waals surface area contributed by atoms with Gasteiger partial charge in [-0.05, 0) is 80.7 Å². The Labute approximate surface area is 256 Å². The predicted octanol–water partition coefficient (Wildman–Crippen LogP) is 6.59. The number of alkyl halides is 3. The molecule has 3 N–H and O–H groups in total. The summed E-state index contributed by atoms with van der Waals surface area (Å²) in [6.45, 7) is 4.70. The number of hydrogen-bond acceptors (Lipinski definition) is 4. The van der Waals surface area contributed by atoms with E-state index in [9.17, 15) is 27.9 Å². The summed E-state index contributed by atoms with van der Waals surface area (Å²) in [4.78, 5) is 36.9. The van der Waals surface area contributed by atoms with Crippen LogP contribution < -0.4 is 5.32 Å². The molecule has 2 aliphatic carbocycles. The third-order valence-electron chi connectivity index (χ3n) is 9.64. The molecule has 2 aromatic rings. The molecule has 44 heavy (non-hydrogen) atoms. The van der Waals surface area contributed by atoms with Crippen LogP contribution in [0.5, 0.6) is 0 Å². The number of likely N-dealkylation sites (tertiary alicyclic amines) is 1. The molecule has 7 nitrogen and oxygen atoms in total. The van der Waals surface area contributed by atoms with Crippen LogP contribution in [0.3, 0.4) is 0 Å². The van der Waals surface area contributed by atoms with Crippen LogP contribution in [0.4, 0.5) is 13.2 Å². The van der Waals surface area contributed by atoms with E-state index in [1.165, 1.54) is 30.5 Å². The van der Waals surface area contributed by atoms with Crippen molar-refractivity contribution in [3.63, 3.8) is 0 Å². The molecule has 3 atom stereocenters. The maximum atomic E-state index is 13.7. The standard InChI is InChI=1S/C32H42N2O3.C2HF3O2/c1-23-7-6-21-34(23)22-18-24-10-12-25(13-11-24)26-14-16-27(17-15-26)32(19-4-5-20-32)31(37)33-29-9-3-2-8-28(29)30(35)36;3-2(4,5)1(6)7/h10-17,23,28-29H,2-9,18-22H2,1H3,(H,33,37)(H,35,36);(H,6,7). The first-order chi connectivity index (χ1) is 20.9. The van der Waals surface area contributed by atoms with E-state index in [1.54, 1.807) is 0 Å². The minimum absolute atomic E-state index is 0.0209. The largest absolute Gasteiger partial charge is 0.490 e. The molecule has 0 bridgehead atoms. The Bertz CT molecular complexity index is 1270. The number of hydrogen-bond donors (Lipinski definition) is 3. The first-order valence-corrected chi connectivity index (χ1v) is 15.7. The molecule has 3 fully saturated rings. The summed E-state index contributed by atoms with van der Waals surface area (Å²) >= 11 is 0. The molecular weight excluding hydrogens is 573 g/mol. The minimum Gasteiger partial charge on any atom is -0.481 e. The van der Waals surface area contributed by atoms with Crippen LogP contribution in [0.2, 0.25) is 0 Å². The lowest BCUT2D eigenvalue weighted by molar-refractivity contribution is -0.192. The van der Waals surface area contributed by atoms with Crippen molar-refractivity contribution in [1.82, 2.24) is 10.2 Å². The van der Waals surface area contributed by atoms with Crippen molar-refractivity contribution in [2.24, 2.45) is 5.92 Å². The summed E-state index contributed by atoms with van der Waals surface area (Å²) < 4.78 is 31.7. The smallest absolute Gasteiger partial charge is 0.481 e. The van der Waals surface area contributed by atoms with Crippen molar-refractivity contribution in [2.75, 3.05) is 13.1 Å². The fourth-order valence-corrected chi connectivity index (χ4v) is 6.97. The van der Waals surface area contributed by atoms with Gasteiger partial charge in [0.05, 0.1) is 11.3 Å². The molecule has 0 aromatic heterocycles. The monoisotopic (exact) mass is 616 g/mol. The lowest BCUT2D eigenvalue weighted by Crippen LogP contribution is -2.51. The molecule has 2 aromatic carbocycles. The van der Waals surface area contributed by atoms with Crippen LogP contribution >= 0.6 is 0 Å². The zero-order valence-electron chi connectivity index (χ0n) is 25.2. The van der Waals surface area contributed by atoms with Crippen molar-refractivity contribution in [3.05, 3.63) is 59.7 Å². The van der Waals surface area contributed by atoms with E-state index in [1.807, 2.05) is 0 Å². The van der Waals surface area contributed by atoms with Gasteiger partial charge in [-0.2, -0.15) is 13.2 Å². The molecule has 240 valence electrons. The van der Waals surface area contributed by atoms with E-state index in [4.69, 9.17) is 9.90 Å². The molecule has 1 aliphatic heterocycles. The number of halogens is 3. The number of amides is 1. The molecular formula is C34H43F3N2O5. The summed E-state index contributed by atoms with van der Waals surface area (Å²) in [7, 11) is 0. The lowest BCUT2D eigenvalue weighted by atomic mass is 9.76. The molecule has 5 rings (SSSR count). The van der Waals surface area contributed by atoms with Gasteiger partial charge in [0.15, 0.2) is 0 Å². The van der Waals surface area contributed by atoms with Crippen LogP contribution in [-0.4, -0.2) is 64.3 Å². The fraction of sp³-hybridized carbons (Fsp3) is 0.559. The summed E-state index contributed by atoms with van der Waals surface area (Å²) in [6, 6.07) is 17.9. The van der Waals surface area contributed by atoms with Crippen LogP contribution in [0.25, 0.3) is 11.1 Å². The Balaban J connectivity index is 0.000000566. The summed E-state index contributed by atoms with van der Waals surface area (Å²) in [5.74, 6) is -3.99. The van der Waals surface area contributed by atoms with E-state index in [-0.39, 0.29) is 11.9 Å². The number of benzene rings is 2. The molecule has 10 heteroatoms. The Kier molecular flexibility index (Phi) is 11.1. The van der Waals surface area contributed by atoms with Gasteiger partial charge in [-0.3, -0.25) is 9.59 Å².